The van der Waals surface area contributed by atoms with E-state index in [4.69, 9.17) is 16.3 Å². The van der Waals surface area contributed by atoms with Crippen molar-refractivity contribution in [2.24, 2.45) is 5.92 Å². The van der Waals surface area contributed by atoms with Crippen molar-refractivity contribution in [2.75, 3.05) is 18.6 Å². The molecule has 1 aliphatic heterocycles. The van der Waals surface area contributed by atoms with E-state index in [9.17, 15) is 4.79 Å². The molecule has 0 aromatic carbocycles. The number of aromatic nitrogens is 2. The summed E-state index contributed by atoms with van der Waals surface area (Å²) in [6.45, 7) is 1.40. The second-order valence-corrected chi connectivity index (χ2v) is 4.24. The number of amides is 1. The van der Waals surface area contributed by atoms with Crippen LogP contribution in [0.3, 0.4) is 0 Å². The van der Waals surface area contributed by atoms with E-state index in [-0.39, 0.29) is 5.91 Å². The van der Waals surface area contributed by atoms with E-state index < -0.39 is 0 Å². The smallest absolute Gasteiger partial charge is 0.238 e. The van der Waals surface area contributed by atoms with Gasteiger partial charge in [0.05, 0.1) is 0 Å². The van der Waals surface area contributed by atoms with E-state index in [0.717, 1.165) is 13.0 Å². The summed E-state index contributed by atoms with van der Waals surface area (Å²) in [7, 11) is 0. The van der Waals surface area contributed by atoms with Crippen molar-refractivity contribution in [1.82, 2.24) is 15.6 Å². The Bertz CT molecular complexity index is 378. The van der Waals surface area contributed by atoms with Crippen LogP contribution in [-0.4, -0.2) is 29.3 Å². The lowest BCUT2D eigenvalue weighted by atomic mass is 10.1. The summed E-state index contributed by atoms with van der Waals surface area (Å²) in [5.74, 6) is 0.677. The molecule has 2 rings (SSSR count). The van der Waals surface area contributed by atoms with Crippen molar-refractivity contribution < 1.29 is 9.53 Å². The van der Waals surface area contributed by atoms with Gasteiger partial charge in [-0.05, 0) is 24.5 Å². The van der Waals surface area contributed by atoms with Gasteiger partial charge < -0.3 is 4.74 Å². The molecule has 1 aromatic heterocycles. The third-order valence-corrected chi connectivity index (χ3v) is 2.66. The Hall–Kier alpha value is -1.40. The second-order valence-electron chi connectivity index (χ2n) is 3.85. The number of rotatable bonds is 4. The zero-order chi connectivity index (χ0) is 12.1. The predicted molar refractivity (Wildman–Crippen MR) is 62.4 cm³/mol. The van der Waals surface area contributed by atoms with Gasteiger partial charge in [-0.3, -0.25) is 15.6 Å². The Morgan fingerprint density at radius 1 is 1.53 bits per heavy atom. The molecule has 2 N–H and O–H groups in total. The Balaban J connectivity index is 1.73. The summed E-state index contributed by atoms with van der Waals surface area (Å²) >= 11 is 5.59. The highest BCUT2D eigenvalue weighted by Gasteiger charge is 2.18. The number of hydrazine groups is 1. The van der Waals surface area contributed by atoms with Gasteiger partial charge in [0.15, 0.2) is 11.0 Å². The number of halogens is 1. The minimum absolute atomic E-state index is 0.0859. The van der Waals surface area contributed by atoms with Crippen molar-refractivity contribution in [3.63, 3.8) is 0 Å². The first-order chi connectivity index (χ1) is 8.24. The maximum absolute atomic E-state index is 11.5. The molecule has 1 fully saturated rings. The lowest BCUT2D eigenvalue weighted by molar-refractivity contribution is -0.121. The number of carbonyl (C=O) groups excluding carboxylic acids is 1. The number of carbonyl (C=O) groups is 1. The van der Waals surface area contributed by atoms with Crippen LogP contribution in [0.5, 0.6) is 0 Å². The molecule has 6 nitrogen and oxygen atoms in total. The number of nitrogens with zero attached hydrogens (tertiary/aromatic N) is 2. The third-order valence-electron chi connectivity index (χ3n) is 2.46. The van der Waals surface area contributed by atoms with Crippen molar-refractivity contribution in [2.45, 2.75) is 12.8 Å². The summed E-state index contributed by atoms with van der Waals surface area (Å²) in [5, 5.41) is 7.70. The molecule has 2 heterocycles. The number of anilines is 1. The molecular weight excluding hydrogens is 244 g/mol. The van der Waals surface area contributed by atoms with Gasteiger partial charge in [0, 0.05) is 19.6 Å². The number of nitrogens with one attached hydrogen (secondary N) is 2. The molecule has 0 bridgehead atoms. The Morgan fingerprint density at radius 2 is 2.41 bits per heavy atom. The molecule has 0 radical (unpaired) electrons. The lowest BCUT2D eigenvalue weighted by Crippen LogP contribution is -2.31. The minimum atomic E-state index is -0.0859. The van der Waals surface area contributed by atoms with Crippen LogP contribution in [0, 0.1) is 5.92 Å². The summed E-state index contributed by atoms with van der Waals surface area (Å²) < 4.78 is 5.20. The lowest BCUT2D eigenvalue weighted by Gasteiger charge is -2.09. The van der Waals surface area contributed by atoms with Crippen LogP contribution in [0.25, 0.3) is 0 Å². The fraction of sp³-hybridized carbons (Fsp3) is 0.500. The van der Waals surface area contributed by atoms with Crippen LogP contribution < -0.4 is 10.9 Å². The van der Waals surface area contributed by atoms with E-state index in [1.807, 2.05) is 0 Å². The highest BCUT2D eigenvalue weighted by atomic mass is 35.5. The first-order valence-electron chi connectivity index (χ1n) is 5.36. The van der Waals surface area contributed by atoms with Crippen LogP contribution in [-0.2, 0) is 9.53 Å². The van der Waals surface area contributed by atoms with Gasteiger partial charge in [0.1, 0.15) is 0 Å². The average Bonchev–Trinajstić information content (AvgIpc) is 2.81. The Labute approximate surface area is 104 Å². The van der Waals surface area contributed by atoms with Gasteiger partial charge in [0.25, 0.3) is 0 Å². The van der Waals surface area contributed by atoms with Crippen LogP contribution in [0.4, 0.5) is 5.82 Å². The monoisotopic (exact) mass is 256 g/mol. The zero-order valence-electron chi connectivity index (χ0n) is 9.15. The number of ether oxygens (including phenoxy) is 1. The molecule has 7 heteroatoms. The van der Waals surface area contributed by atoms with Gasteiger partial charge in [-0.1, -0.05) is 11.6 Å². The van der Waals surface area contributed by atoms with Gasteiger partial charge in [-0.25, -0.2) is 0 Å². The van der Waals surface area contributed by atoms with Crippen LogP contribution in [0.1, 0.15) is 12.8 Å². The van der Waals surface area contributed by atoms with Gasteiger partial charge >= 0.3 is 0 Å². The fourth-order valence-corrected chi connectivity index (χ4v) is 1.67. The highest BCUT2D eigenvalue weighted by molar-refractivity contribution is 6.29. The normalized spacial score (nSPS) is 19.0. The summed E-state index contributed by atoms with van der Waals surface area (Å²) in [6, 6.07) is 3.22. The highest BCUT2D eigenvalue weighted by Crippen LogP contribution is 2.15. The van der Waals surface area contributed by atoms with Crippen molar-refractivity contribution in [3.8, 4) is 0 Å². The maximum atomic E-state index is 11.5. The van der Waals surface area contributed by atoms with Crippen molar-refractivity contribution in [1.29, 1.82) is 0 Å². The van der Waals surface area contributed by atoms with Crippen LogP contribution in [0.15, 0.2) is 12.1 Å². The summed E-state index contributed by atoms with van der Waals surface area (Å²) in [4.78, 5) is 11.5. The topological polar surface area (TPSA) is 76.1 Å². The van der Waals surface area contributed by atoms with E-state index in [1.165, 1.54) is 0 Å². The summed E-state index contributed by atoms with van der Waals surface area (Å²) in [5.41, 5.74) is 5.23. The SMILES string of the molecule is O=C(CC1CCOC1)NNc1ccc(Cl)nn1. The predicted octanol–water partition coefficient (Wildman–Crippen LogP) is 1.000. The standard InChI is InChI=1S/C10H13ClN4O2/c11-8-1-2-9(13-12-8)14-15-10(16)5-7-3-4-17-6-7/h1-2,7H,3-6H2,(H,13,14)(H,15,16). The molecule has 1 saturated heterocycles. The fourth-order valence-electron chi connectivity index (χ4n) is 1.57. The zero-order valence-corrected chi connectivity index (χ0v) is 9.91. The summed E-state index contributed by atoms with van der Waals surface area (Å²) in [6.07, 6.45) is 1.39. The maximum Gasteiger partial charge on any atom is 0.238 e. The average molecular weight is 257 g/mol. The molecule has 0 aliphatic carbocycles. The first-order valence-corrected chi connectivity index (χ1v) is 5.73. The van der Waals surface area contributed by atoms with Crippen LogP contribution >= 0.6 is 11.6 Å². The molecule has 92 valence electrons. The van der Waals surface area contributed by atoms with Crippen molar-refractivity contribution >= 4 is 23.3 Å². The van der Waals surface area contributed by atoms with Gasteiger partial charge in [0.2, 0.25) is 5.91 Å². The Kier molecular flexibility index (Phi) is 4.11. The van der Waals surface area contributed by atoms with Gasteiger partial charge in [-0.2, -0.15) is 0 Å². The first kappa shape index (κ1) is 12.1. The van der Waals surface area contributed by atoms with E-state index in [0.29, 0.717) is 29.9 Å². The molecule has 1 unspecified atom stereocenters. The third kappa shape index (κ3) is 3.83. The van der Waals surface area contributed by atoms with E-state index >= 15 is 0 Å². The van der Waals surface area contributed by atoms with Crippen molar-refractivity contribution in [3.05, 3.63) is 17.3 Å². The largest absolute Gasteiger partial charge is 0.381 e. The molecule has 0 spiro atoms. The Morgan fingerprint density at radius 3 is 3.06 bits per heavy atom. The molecule has 17 heavy (non-hydrogen) atoms. The van der Waals surface area contributed by atoms with E-state index in [1.54, 1.807) is 12.1 Å². The molecule has 1 amide bonds. The minimum Gasteiger partial charge on any atom is -0.381 e. The number of hydrogen-bond acceptors (Lipinski definition) is 5. The second kappa shape index (κ2) is 5.79. The molecule has 1 aromatic rings. The van der Waals surface area contributed by atoms with Crippen LogP contribution in [0.2, 0.25) is 5.15 Å². The molecule has 1 aliphatic rings. The van der Waals surface area contributed by atoms with Gasteiger partial charge in [-0.15, -0.1) is 10.2 Å². The molecular formula is C10H13ClN4O2. The quantitative estimate of drug-likeness (QED) is 0.786. The number of hydrogen-bond donors (Lipinski definition) is 2. The molecule has 1 atom stereocenters. The van der Waals surface area contributed by atoms with E-state index in [2.05, 4.69) is 21.0 Å². The molecule has 0 saturated carbocycles.